The molecule has 4 nitrogen and oxygen atoms in total. The molecule has 0 amide bonds. The predicted molar refractivity (Wildman–Crippen MR) is 47.7 cm³/mol. The van der Waals surface area contributed by atoms with Crippen molar-refractivity contribution in [1.29, 1.82) is 0 Å². The molecule has 0 spiro atoms. The molecule has 0 unspecified atom stereocenters. The van der Waals surface area contributed by atoms with Crippen molar-refractivity contribution in [2.75, 3.05) is 7.11 Å². The second-order valence-electron chi connectivity index (χ2n) is 2.37. The zero-order valence-corrected chi connectivity index (χ0v) is 8.56. The Morgan fingerprint density at radius 2 is 2.07 bits per heavy atom. The van der Waals surface area contributed by atoms with Gasteiger partial charge in [-0.25, -0.2) is 8.42 Å². The lowest BCUT2D eigenvalue weighted by atomic mass is 10.3. The summed E-state index contributed by atoms with van der Waals surface area (Å²) in [6.07, 6.45) is 0. The number of phenolic OH excluding ortho intramolecular Hbond substituents is 1. The maximum atomic E-state index is 13.1. The van der Waals surface area contributed by atoms with Gasteiger partial charge in [0.05, 0.1) is 7.11 Å². The van der Waals surface area contributed by atoms with Crippen LogP contribution in [0.2, 0.25) is 0 Å². The van der Waals surface area contributed by atoms with Gasteiger partial charge in [-0.15, -0.1) is 0 Å². The second kappa shape index (κ2) is 3.62. The van der Waals surface area contributed by atoms with Gasteiger partial charge in [-0.1, -0.05) is 0 Å². The molecule has 14 heavy (non-hydrogen) atoms. The Balaban J connectivity index is 3.47. The van der Waals surface area contributed by atoms with Gasteiger partial charge >= 0.3 is 0 Å². The van der Waals surface area contributed by atoms with Crippen LogP contribution in [0.3, 0.4) is 0 Å². The first-order valence-electron chi connectivity index (χ1n) is 3.38. The van der Waals surface area contributed by atoms with E-state index in [9.17, 15) is 12.8 Å². The van der Waals surface area contributed by atoms with Crippen molar-refractivity contribution in [1.82, 2.24) is 0 Å². The minimum absolute atomic E-state index is 0.258. The molecule has 1 rings (SSSR count). The zero-order chi connectivity index (χ0) is 10.9. The van der Waals surface area contributed by atoms with E-state index >= 15 is 0 Å². The fourth-order valence-corrected chi connectivity index (χ4v) is 1.81. The molecule has 78 valence electrons. The number of phenols is 1. The van der Waals surface area contributed by atoms with Crippen molar-refractivity contribution in [3.05, 3.63) is 17.9 Å². The van der Waals surface area contributed by atoms with Crippen LogP contribution in [0, 0.1) is 5.82 Å². The molecular weight excluding hydrogens is 235 g/mol. The van der Waals surface area contributed by atoms with Gasteiger partial charge in [-0.05, 0) is 12.1 Å². The molecule has 0 radical (unpaired) electrons. The molecule has 0 aliphatic rings. The number of hydrogen-bond donors (Lipinski definition) is 1. The minimum atomic E-state index is -4.15. The molecule has 0 saturated carbocycles. The van der Waals surface area contributed by atoms with E-state index in [4.69, 9.17) is 15.8 Å². The van der Waals surface area contributed by atoms with Crippen LogP contribution in [-0.4, -0.2) is 20.6 Å². The molecule has 0 fully saturated rings. The normalized spacial score (nSPS) is 11.4. The summed E-state index contributed by atoms with van der Waals surface area (Å²) in [5.74, 6) is -2.46. The lowest BCUT2D eigenvalue weighted by Gasteiger charge is -2.05. The lowest BCUT2D eigenvalue weighted by molar-refractivity contribution is 0.358. The molecule has 0 aromatic heterocycles. The van der Waals surface area contributed by atoms with Crippen LogP contribution in [0.15, 0.2) is 17.0 Å². The highest BCUT2D eigenvalue weighted by Gasteiger charge is 2.21. The number of aromatic hydroxyl groups is 1. The SMILES string of the molecule is COc1ccc(S(=O)(=O)Cl)c(O)c1F. The topological polar surface area (TPSA) is 63.6 Å². The molecular formula is C7H6ClFO4S. The van der Waals surface area contributed by atoms with E-state index in [-0.39, 0.29) is 5.75 Å². The Labute approximate surface area is 84.3 Å². The van der Waals surface area contributed by atoms with Crippen LogP contribution >= 0.6 is 10.7 Å². The van der Waals surface area contributed by atoms with Gasteiger partial charge in [-0.3, -0.25) is 0 Å². The lowest BCUT2D eigenvalue weighted by Crippen LogP contribution is -1.95. The Morgan fingerprint density at radius 3 is 2.50 bits per heavy atom. The van der Waals surface area contributed by atoms with E-state index in [2.05, 4.69) is 4.74 Å². The fourth-order valence-electron chi connectivity index (χ4n) is 0.883. The van der Waals surface area contributed by atoms with Crippen LogP contribution in [0.25, 0.3) is 0 Å². The number of ether oxygens (including phenoxy) is 1. The van der Waals surface area contributed by atoms with Crippen LogP contribution in [0.1, 0.15) is 0 Å². The van der Waals surface area contributed by atoms with E-state index in [1.165, 1.54) is 7.11 Å². The summed E-state index contributed by atoms with van der Waals surface area (Å²) in [6, 6.07) is 2.02. The van der Waals surface area contributed by atoms with Gasteiger partial charge in [0.1, 0.15) is 4.90 Å². The molecule has 1 aromatic rings. The van der Waals surface area contributed by atoms with Crippen molar-refractivity contribution >= 4 is 19.7 Å². The first-order chi connectivity index (χ1) is 6.38. The number of benzene rings is 1. The predicted octanol–water partition coefficient (Wildman–Crippen LogP) is 1.47. The largest absolute Gasteiger partial charge is 0.504 e. The number of hydrogen-bond acceptors (Lipinski definition) is 4. The van der Waals surface area contributed by atoms with E-state index in [0.29, 0.717) is 0 Å². The molecule has 0 bridgehead atoms. The first kappa shape index (κ1) is 11.1. The summed E-state index contributed by atoms with van der Waals surface area (Å²) in [6.45, 7) is 0. The van der Waals surface area contributed by atoms with E-state index in [0.717, 1.165) is 12.1 Å². The third-order valence-corrected chi connectivity index (χ3v) is 2.88. The van der Waals surface area contributed by atoms with E-state index in [1.54, 1.807) is 0 Å². The van der Waals surface area contributed by atoms with Gasteiger partial charge in [0.25, 0.3) is 9.05 Å². The quantitative estimate of drug-likeness (QED) is 0.795. The van der Waals surface area contributed by atoms with Crippen molar-refractivity contribution < 1.29 is 22.7 Å². The summed E-state index contributed by atoms with van der Waals surface area (Å²) in [7, 11) is 1.97. The fraction of sp³-hybridized carbons (Fsp3) is 0.143. The third kappa shape index (κ3) is 1.91. The van der Waals surface area contributed by atoms with Gasteiger partial charge in [0.2, 0.25) is 5.82 Å². The second-order valence-corrected chi connectivity index (χ2v) is 4.90. The number of halogens is 2. The molecule has 0 atom stereocenters. The van der Waals surface area contributed by atoms with Crippen LogP contribution < -0.4 is 4.74 Å². The molecule has 0 heterocycles. The Morgan fingerprint density at radius 1 is 1.50 bits per heavy atom. The molecule has 0 saturated heterocycles. The van der Waals surface area contributed by atoms with E-state index < -0.39 is 25.5 Å². The van der Waals surface area contributed by atoms with Crippen molar-refractivity contribution in [3.63, 3.8) is 0 Å². The average molecular weight is 241 g/mol. The molecule has 1 aromatic carbocycles. The Hall–Kier alpha value is -1.01. The van der Waals surface area contributed by atoms with Crippen LogP contribution in [-0.2, 0) is 9.05 Å². The smallest absolute Gasteiger partial charge is 0.265 e. The van der Waals surface area contributed by atoms with Crippen molar-refractivity contribution in [2.24, 2.45) is 0 Å². The van der Waals surface area contributed by atoms with Gasteiger partial charge < -0.3 is 9.84 Å². The van der Waals surface area contributed by atoms with Gasteiger partial charge in [0, 0.05) is 10.7 Å². The average Bonchev–Trinajstić information content (AvgIpc) is 2.07. The Bertz CT molecular complexity index is 457. The summed E-state index contributed by atoms with van der Waals surface area (Å²) >= 11 is 0. The highest BCUT2D eigenvalue weighted by atomic mass is 35.7. The number of rotatable bonds is 2. The van der Waals surface area contributed by atoms with Crippen molar-refractivity contribution in [3.8, 4) is 11.5 Å². The monoisotopic (exact) mass is 240 g/mol. The zero-order valence-electron chi connectivity index (χ0n) is 6.99. The third-order valence-electron chi connectivity index (χ3n) is 1.53. The van der Waals surface area contributed by atoms with Gasteiger partial charge in [-0.2, -0.15) is 4.39 Å². The van der Waals surface area contributed by atoms with Crippen LogP contribution in [0.4, 0.5) is 4.39 Å². The summed E-state index contributed by atoms with van der Waals surface area (Å²) in [5, 5.41) is 9.13. The highest BCUT2D eigenvalue weighted by Crippen LogP contribution is 2.33. The standard InChI is InChI=1S/C7H6ClFO4S/c1-13-4-2-3-5(14(8,11)12)7(10)6(4)9/h2-3,10H,1H3. The van der Waals surface area contributed by atoms with Crippen molar-refractivity contribution in [2.45, 2.75) is 4.90 Å². The highest BCUT2D eigenvalue weighted by molar-refractivity contribution is 8.13. The molecule has 1 N–H and O–H groups in total. The molecule has 0 aliphatic carbocycles. The van der Waals surface area contributed by atoms with Crippen LogP contribution in [0.5, 0.6) is 11.5 Å². The molecule has 0 aliphatic heterocycles. The maximum absolute atomic E-state index is 13.1. The maximum Gasteiger partial charge on any atom is 0.265 e. The van der Waals surface area contributed by atoms with E-state index in [1.807, 2.05) is 0 Å². The summed E-state index contributed by atoms with van der Waals surface area (Å²) in [5.41, 5.74) is 0. The van der Waals surface area contributed by atoms with Gasteiger partial charge in [0.15, 0.2) is 11.5 Å². The number of methoxy groups -OCH3 is 1. The minimum Gasteiger partial charge on any atom is -0.504 e. The summed E-state index contributed by atoms with van der Waals surface area (Å²) in [4.78, 5) is -0.683. The first-order valence-corrected chi connectivity index (χ1v) is 5.69. The Kier molecular flexibility index (Phi) is 2.86. The summed E-state index contributed by atoms with van der Waals surface area (Å²) < 4.78 is 39.2. The molecule has 7 heteroatoms.